The molecule has 0 aliphatic heterocycles. The van der Waals surface area contributed by atoms with Crippen LogP contribution in [0.1, 0.15) is 0 Å². The first-order valence-corrected chi connectivity index (χ1v) is 5.40. The Hall–Kier alpha value is 0.0469. The molecular formula is C6H17NSi. The van der Waals surface area contributed by atoms with E-state index in [1.54, 1.807) is 0 Å². The Kier molecular flexibility index (Phi) is 9.63. The van der Waals surface area contributed by atoms with E-state index in [-0.39, 0.29) is 8.41 Å². The first-order chi connectivity index (χ1) is 3.46. The Labute approximate surface area is 54.5 Å². The summed E-state index contributed by atoms with van der Waals surface area (Å²) in [5.41, 5.74) is 0. The van der Waals surface area contributed by atoms with Gasteiger partial charge in [-0.05, 0) is 29.6 Å². The summed E-state index contributed by atoms with van der Waals surface area (Å²) < 4.78 is 0. The second kappa shape index (κ2) is 7.05. The smallest absolute Gasteiger partial charge is 0.00474 e. The standard InChI is InChI=1S/C3H9N.C3H8Si/c2*1-4(2)3/h1-3H3;1H2,2-3H3. The SMILES string of the molecule is C=[Si](C)C.CN(C)C. The highest BCUT2D eigenvalue weighted by atomic mass is 28.2. The van der Waals surface area contributed by atoms with Crippen LogP contribution in [0.2, 0.25) is 13.1 Å². The monoisotopic (exact) mass is 131 g/mol. The van der Waals surface area contributed by atoms with Crippen LogP contribution in [0, 0.1) is 0 Å². The first kappa shape index (κ1) is 10.9. The average molecular weight is 131 g/mol. The van der Waals surface area contributed by atoms with Crippen molar-refractivity contribution in [1.82, 2.24) is 4.90 Å². The van der Waals surface area contributed by atoms with Gasteiger partial charge in [0.15, 0.2) is 0 Å². The van der Waals surface area contributed by atoms with Gasteiger partial charge in [0, 0.05) is 0 Å². The van der Waals surface area contributed by atoms with Crippen LogP contribution in [-0.2, 0) is 0 Å². The van der Waals surface area contributed by atoms with Crippen molar-refractivity contribution in [2.24, 2.45) is 0 Å². The van der Waals surface area contributed by atoms with Crippen molar-refractivity contribution >= 4 is 14.6 Å². The third-order valence-corrected chi connectivity index (χ3v) is 0. The van der Waals surface area contributed by atoms with Crippen LogP contribution in [0.15, 0.2) is 0 Å². The molecular weight excluding hydrogens is 114 g/mol. The Bertz CT molecular complexity index is 52.8. The van der Waals surface area contributed by atoms with Crippen LogP contribution in [0.4, 0.5) is 0 Å². The van der Waals surface area contributed by atoms with E-state index >= 15 is 0 Å². The molecule has 0 rings (SSSR count). The number of hydrogen-bond donors (Lipinski definition) is 0. The lowest BCUT2D eigenvalue weighted by Crippen LogP contribution is -1.99. The van der Waals surface area contributed by atoms with Crippen LogP contribution in [0.3, 0.4) is 0 Å². The van der Waals surface area contributed by atoms with Crippen LogP contribution in [-0.4, -0.2) is 40.6 Å². The molecule has 0 aromatic heterocycles. The minimum Gasteiger partial charge on any atom is -0.312 e. The van der Waals surface area contributed by atoms with Crippen molar-refractivity contribution in [2.45, 2.75) is 13.1 Å². The zero-order valence-corrected chi connectivity index (χ0v) is 7.65. The normalized spacial score (nSPS) is 7.75. The maximum Gasteiger partial charge on any atom is -0.00474 e. The molecule has 1 nitrogen and oxygen atoms in total. The van der Waals surface area contributed by atoms with E-state index in [1.807, 2.05) is 26.0 Å². The van der Waals surface area contributed by atoms with Gasteiger partial charge in [0.2, 0.25) is 0 Å². The molecule has 2 heteroatoms. The summed E-state index contributed by atoms with van der Waals surface area (Å²) >= 11 is 0. The molecule has 0 fully saturated rings. The summed E-state index contributed by atoms with van der Waals surface area (Å²) in [6.07, 6.45) is 3.74. The Morgan fingerprint density at radius 3 is 1.12 bits per heavy atom. The van der Waals surface area contributed by atoms with Gasteiger partial charge in [-0.1, -0.05) is 13.1 Å². The molecule has 0 aliphatic carbocycles. The van der Waals surface area contributed by atoms with Gasteiger partial charge in [0.1, 0.15) is 0 Å². The lowest BCUT2D eigenvalue weighted by Gasteiger charge is -1.90. The highest BCUT2D eigenvalue weighted by Gasteiger charge is 1.58. The molecule has 0 heterocycles. The third-order valence-electron chi connectivity index (χ3n) is 0. The van der Waals surface area contributed by atoms with E-state index in [4.69, 9.17) is 0 Å². The second-order valence-electron chi connectivity index (χ2n) is 2.55. The summed E-state index contributed by atoms with van der Waals surface area (Å²) in [5.74, 6) is 0. The van der Waals surface area contributed by atoms with Crippen molar-refractivity contribution in [3.63, 3.8) is 0 Å². The fourth-order valence-corrected chi connectivity index (χ4v) is 0. The fraction of sp³-hybridized carbons (Fsp3) is 0.833. The van der Waals surface area contributed by atoms with Crippen molar-refractivity contribution in [2.75, 3.05) is 21.1 Å². The predicted octanol–water partition coefficient (Wildman–Crippen LogP) is 0.932. The molecule has 0 unspecified atom stereocenters. The van der Waals surface area contributed by atoms with Gasteiger partial charge < -0.3 is 4.90 Å². The molecule has 0 saturated carbocycles. The number of hydrogen-bond acceptors (Lipinski definition) is 1. The van der Waals surface area contributed by atoms with Gasteiger partial charge in [-0.15, -0.1) is 6.17 Å². The van der Waals surface area contributed by atoms with Gasteiger partial charge in [-0.25, -0.2) is 0 Å². The summed E-state index contributed by atoms with van der Waals surface area (Å²) in [6, 6.07) is 0. The number of rotatable bonds is 0. The van der Waals surface area contributed by atoms with Crippen molar-refractivity contribution in [3.05, 3.63) is 0 Å². The van der Waals surface area contributed by atoms with Gasteiger partial charge in [0.25, 0.3) is 0 Å². The molecule has 8 heavy (non-hydrogen) atoms. The molecule has 0 spiro atoms. The van der Waals surface area contributed by atoms with Gasteiger partial charge in [-0.3, -0.25) is 0 Å². The Morgan fingerprint density at radius 1 is 1.12 bits per heavy atom. The maximum atomic E-state index is 3.74. The van der Waals surface area contributed by atoms with E-state index in [0.29, 0.717) is 0 Å². The summed E-state index contributed by atoms with van der Waals surface area (Å²) in [7, 11) is 5.87. The molecule has 0 radical (unpaired) electrons. The second-order valence-corrected chi connectivity index (χ2v) is 4.96. The first-order valence-electron chi connectivity index (χ1n) is 2.70. The molecule has 50 valence electrons. The summed E-state index contributed by atoms with van der Waals surface area (Å²) in [4.78, 5) is 2.00. The van der Waals surface area contributed by atoms with Crippen LogP contribution in [0.5, 0.6) is 0 Å². The lowest BCUT2D eigenvalue weighted by molar-refractivity contribution is 0.505. The molecule has 0 aliphatic rings. The van der Waals surface area contributed by atoms with E-state index < -0.39 is 0 Å². The van der Waals surface area contributed by atoms with E-state index in [0.717, 1.165) is 0 Å². The van der Waals surface area contributed by atoms with E-state index in [1.165, 1.54) is 0 Å². The molecule has 0 amide bonds. The minimum absolute atomic E-state index is 0.130. The zero-order valence-electron chi connectivity index (χ0n) is 6.65. The lowest BCUT2D eigenvalue weighted by atomic mass is 11.0. The molecule has 0 bridgehead atoms. The highest BCUT2D eigenvalue weighted by Crippen LogP contribution is 1.48. The van der Waals surface area contributed by atoms with Crippen molar-refractivity contribution in [1.29, 1.82) is 0 Å². The topological polar surface area (TPSA) is 3.24 Å². The molecule has 0 aromatic rings. The van der Waals surface area contributed by atoms with Crippen LogP contribution >= 0.6 is 0 Å². The van der Waals surface area contributed by atoms with Crippen LogP contribution < -0.4 is 0 Å². The van der Waals surface area contributed by atoms with Gasteiger partial charge >= 0.3 is 0 Å². The quantitative estimate of drug-likeness (QED) is 0.442. The Morgan fingerprint density at radius 2 is 1.12 bits per heavy atom. The third kappa shape index (κ3) is 70100. The minimum atomic E-state index is -0.130. The predicted molar refractivity (Wildman–Crippen MR) is 44.2 cm³/mol. The highest BCUT2D eigenvalue weighted by molar-refractivity contribution is 6.59. The zero-order chi connectivity index (χ0) is 7.15. The van der Waals surface area contributed by atoms with E-state index in [2.05, 4.69) is 19.3 Å². The van der Waals surface area contributed by atoms with E-state index in [9.17, 15) is 0 Å². The van der Waals surface area contributed by atoms with Gasteiger partial charge in [-0.2, -0.15) is 0 Å². The van der Waals surface area contributed by atoms with Crippen LogP contribution in [0.25, 0.3) is 0 Å². The molecule has 0 N–H and O–H groups in total. The molecule has 0 atom stereocenters. The molecule has 0 saturated heterocycles. The fourth-order valence-electron chi connectivity index (χ4n) is 0. The maximum absolute atomic E-state index is 3.74. The number of nitrogens with zero attached hydrogens (tertiary/aromatic N) is 1. The summed E-state index contributed by atoms with van der Waals surface area (Å²) in [5, 5.41) is 0. The average Bonchev–Trinajstić information content (AvgIpc) is 1.25. The largest absolute Gasteiger partial charge is 0.312 e. The van der Waals surface area contributed by atoms with Crippen molar-refractivity contribution in [3.8, 4) is 0 Å². The van der Waals surface area contributed by atoms with Gasteiger partial charge in [0.05, 0.1) is 0 Å². The molecule has 0 aromatic carbocycles. The Balaban J connectivity index is 0. The summed E-state index contributed by atoms with van der Waals surface area (Å²) in [6.45, 7) is 4.31. The van der Waals surface area contributed by atoms with Crippen molar-refractivity contribution < 1.29 is 0 Å².